The third-order valence-electron chi connectivity index (χ3n) is 1.75. The Labute approximate surface area is 81.0 Å². The van der Waals surface area contributed by atoms with Crippen molar-refractivity contribution in [3.8, 4) is 0 Å². The van der Waals surface area contributed by atoms with E-state index in [1.165, 1.54) is 0 Å². The van der Waals surface area contributed by atoms with Crippen molar-refractivity contribution in [2.45, 2.75) is 13.3 Å². The highest BCUT2D eigenvalue weighted by Crippen LogP contribution is 1.92. The second-order valence-corrected chi connectivity index (χ2v) is 4.43. The van der Waals surface area contributed by atoms with Gasteiger partial charge in [0.1, 0.15) is 5.94 Å². The van der Waals surface area contributed by atoms with Crippen molar-refractivity contribution in [2.75, 3.05) is 40.8 Å². The topological polar surface area (TPSA) is 29.1 Å². The van der Waals surface area contributed by atoms with Gasteiger partial charge >= 0.3 is 0 Å². The third-order valence-corrected chi connectivity index (χ3v) is 1.75. The average Bonchev–Trinajstić information content (AvgIpc) is 2.01. The molecule has 3 nitrogen and oxygen atoms in total. The van der Waals surface area contributed by atoms with E-state index in [1.807, 2.05) is 5.94 Å². The molecule has 0 saturated carbocycles. The average molecular weight is 185 g/mol. The molecule has 0 atom stereocenters. The molecule has 0 aliphatic rings. The van der Waals surface area contributed by atoms with Gasteiger partial charge in [-0.2, -0.15) is 0 Å². The number of quaternary nitrogens is 1. The molecular weight excluding hydrogens is 164 g/mol. The lowest BCUT2D eigenvalue weighted by molar-refractivity contribution is -0.870. The minimum Gasteiger partial charge on any atom is -0.331 e. The molecular formula is C10H21N2O+. The summed E-state index contributed by atoms with van der Waals surface area (Å²) in [7, 11) is 6.53. The second-order valence-electron chi connectivity index (χ2n) is 4.43. The number of nitrogens with one attached hydrogen (secondary N) is 1. The molecule has 0 heterocycles. The van der Waals surface area contributed by atoms with E-state index in [-0.39, 0.29) is 0 Å². The van der Waals surface area contributed by atoms with Crippen molar-refractivity contribution >= 4 is 5.94 Å². The van der Waals surface area contributed by atoms with Crippen LogP contribution in [0.25, 0.3) is 0 Å². The Bertz CT molecular complexity index is 188. The molecule has 13 heavy (non-hydrogen) atoms. The van der Waals surface area contributed by atoms with Crippen LogP contribution in [0.1, 0.15) is 13.3 Å². The van der Waals surface area contributed by atoms with Crippen molar-refractivity contribution in [1.82, 2.24) is 5.32 Å². The first-order chi connectivity index (χ1) is 5.95. The van der Waals surface area contributed by atoms with Gasteiger partial charge in [0.15, 0.2) is 0 Å². The molecule has 0 aromatic heterocycles. The van der Waals surface area contributed by atoms with Gasteiger partial charge in [-0.05, 0) is 6.92 Å². The quantitative estimate of drug-likeness (QED) is 0.370. The molecule has 0 amide bonds. The predicted molar refractivity (Wildman–Crippen MR) is 55.3 cm³/mol. The first kappa shape index (κ1) is 12.4. The van der Waals surface area contributed by atoms with Crippen LogP contribution in [0.5, 0.6) is 0 Å². The van der Waals surface area contributed by atoms with Crippen LogP contribution < -0.4 is 5.32 Å². The lowest BCUT2D eigenvalue weighted by atomic mass is 10.3. The monoisotopic (exact) mass is 185 g/mol. The smallest absolute Gasteiger partial charge is 0.124 e. The summed E-state index contributed by atoms with van der Waals surface area (Å²) in [6, 6.07) is 0. The van der Waals surface area contributed by atoms with Gasteiger partial charge in [-0.3, -0.25) is 0 Å². The Morgan fingerprint density at radius 1 is 1.38 bits per heavy atom. The molecule has 0 aromatic carbocycles. The highest BCUT2D eigenvalue weighted by Gasteiger charge is 2.04. The van der Waals surface area contributed by atoms with Crippen molar-refractivity contribution in [3.63, 3.8) is 0 Å². The molecule has 0 aliphatic heterocycles. The Kier molecular flexibility index (Phi) is 5.63. The molecule has 0 saturated heterocycles. The van der Waals surface area contributed by atoms with Gasteiger partial charge < -0.3 is 9.80 Å². The van der Waals surface area contributed by atoms with E-state index in [9.17, 15) is 4.79 Å². The molecule has 3 heteroatoms. The Hall–Kier alpha value is -0.630. The van der Waals surface area contributed by atoms with E-state index in [4.69, 9.17) is 0 Å². The molecule has 0 unspecified atom stereocenters. The van der Waals surface area contributed by atoms with Gasteiger partial charge in [-0.1, -0.05) is 0 Å². The highest BCUT2D eigenvalue weighted by atomic mass is 16.1. The van der Waals surface area contributed by atoms with Crippen LogP contribution in [0.3, 0.4) is 0 Å². The van der Waals surface area contributed by atoms with Gasteiger partial charge in [0.2, 0.25) is 0 Å². The van der Waals surface area contributed by atoms with E-state index < -0.39 is 0 Å². The zero-order chi connectivity index (χ0) is 10.3. The normalized spacial score (nSPS) is 11.1. The zero-order valence-electron chi connectivity index (χ0n) is 9.18. The van der Waals surface area contributed by atoms with Gasteiger partial charge in [-0.25, -0.2) is 4.79 Å². The van der Waals surface area contributed by atoms with Crippen LogP contribution in [-0.2, 0) is 4.79 Å². The number of nitrogens with zero attached hydrogens (tertiary/aromatic N) is 1. The van der Waals surface area contributed by atoms with Crippen molar-refractivity contribution in [1.29, 1.82) is 0 Å². The van der Waals surface area contributed by atoms with Gasteiger partial charge in [0.05, 0.1) is 27.7 Å². The first-order valence-electron chi connectivity index (χ1n) is 4.67. The molecule has 0 aromatic rings. The highest BCUT2D eigenvalue weighted by molar-refractivity contribution is 5.51. The van der Waals surface area contributed by atoms with Gasteiger partial charge in [0.25, 0.3) is 0 Å². The van der Waals surface area contributed by atoms with Crippen LogP contribution in [0.4, 0.5) is 0 Å². The number of rotatable bonds is 6. The Morgan fingerprint density at radius 3 is 2.46 bits per heavy atom. The molecule has 0 aliphatic carbocycles. The summed E-state index contributed by atoms with van der Waals surface area (Å²) in [6.45, 7) is 4.58. The standard InChI is InChI=1S/C10H21N2O/c1-10(9-13)8-11-6-5-7-12(2,3)4/h11H,5-8H2,1-4H3/q+1. The number of hydrogen-bond acceptors (Lipinski definition) is 2. The number of carbonyl (C=O) groups excluding carboxylic acids is 1. The lowest BCUT2D eigenvalue weighted by Gasteiger charge is -2.23. The van der Waals surface area contributed by atoms with Gasteiger partial charge in [0, 0.05) is 25.1 Å². The maximum atomic E-state index is 10.1. The molecule has 0 rings (SSSR count). The molecule has 0 spiro atoms. The Balaban J connectivity index is 3.33. The minimum absolute atomic E-state index is 0.667. The van der Waals surface area contributed by atoms with Crippen LogP contribution >= 0.6 is 0 Å². The summed E-state index contributed by atoms with van der Waals surface area (Å²) in [5.41, 5.74) is 0.741. The minimum atomic E-state index is 0.667. The van der Waals surface area contributed by atoms with E-state index in [1.54, 1.807) is 6.92 Å². The summed E-state index contributed by atoms with van der Waals surface area (Å²) in [4.78, 5) is 10.1. The van der Waals surface area contributed by atoms with E-state index >= 15 is 0 Å². The summed E-state index contributed by atoms with van der Waals surface area (Å²) in [6.07, 6.45) is 1.13. The molecule has 76 valence electrons. The van der Waals surface area contributed by atoms with Crippen molar-refractivity contribution in [2.24, 2.45) is 0 Å². The fourth-order valence-electron chi connectivity index (χ4n) is 0.990. The zero-order valence-corrected chi connectivity index (χ0v) is 9.18. The maximum Gasteiger partial charge on any atom is 0.124 e. The first-order valence-corrected chi connectivity index (χ1v) is 4.67. The molecule has 0 radical (unpaired) electrons. The fourth-order valence-corrected chi connectivity index (χ4v) is 0.990. The summed E-state index contributed by atoms with van der Waals surface area (Å²) >= 11 is 0. The number of hydrogen-bond donors (Lipinski definition) is 1. The van der Waals surface area contributed by atoms with Crippen LogP contribution in [0, 0.1) is 0 Å². The maximum absolute atomic E-state index is 10.1. The summed E-state index contributed by atoms with van der Waals surface area (Å²) in [5, 5.41) is 3.20. The second kappa shape index (κ2) is 5.92. The predicted octanol–water partition coefficient (Wildman–Crippen LogP) is 0.450. The van der Waals surface area contributed by atoms with E-state index in [2.05, 4.69) is 26.5 Å². The van der Waals surface area contributed by atoms with Crippen LogP contribution in [0.2, 0.25) is 0 Å². The molecule has 0 fully saturated rings. The molecule has 0 bridgehead atoms. The van der Waals surface area contributed by atoms with E-state index in [0.717, 1.165) is 29.6 Å². The largest absolute Gasteiger partial charge is 0.331 e. The van der Waals surface area contributed by atoms with Crippen molar-refractivity contribution < 1.29 is 9.28 Å². The van der Waals surface area contributed by atoms with Crippen LogP contribution in [0.15, 0.2) is 5.57 Å². The fraction of sp³-hybridized carbons (Fsp3) is 0.800. The molecule has 1 N–H and O–H groups in total. The summed E-state index contributed by atoms with van der Waals surface area (Å²) in [5.74, 6) is 1.87. The summed E-state index contributed by atoms with van der Waals surface area (Å²) < 4.78 is 0.990. The van der Waals surface area contributed by atoms with Crippen LogP contribution in [-0.4, -0.2) is 51.2 Å². The SMILES string of the molecule is CC(=C=O)CNCCC[N+](C)(C)C. The lowest BCUT2D eigenvalue weighted by Crippen LogP contribution is -2.36. The van der Waals surface area contributed by atoms with Gasteiger partial charge in [-0.15, -0.1) is 0 Å². The van der Waals surface area contributed by atoms with E-state index in [0.29, 0.717) is 6.54 Å². The Morgan fingerprint density at radius 2 is 2.00 bits per heavy atom. The van der Waals surface area contributed by atoms with Crippen molar-refractivity contribution in [3.05, 3.63) is 5.57 Å². The third kappa shape index (κ3) is 9.28.